The predicted octanol–water partition coefficient (Wildman–Crippen LogP) is 3.23. The van der Waals surface area contributed by atoms with Crippen molar-refractivity contribution < 1.29 is 14.3 Å². The third kappa shape index (κ3) is 2.93. The van der Waals surface area contributed by atoms with Gasteiger partial charge in [0.2, 0.25) is 5.91 Å². The van der Waals surface area contributed by atoms with Crippen molar-refractivity contribution in [2.75, 3.05) is 25.2 Å². The van der Waals surface area contributed by atoms with Gasteiger partial charge in [0.05, 0.1) is 24.5 Å². The second-order valence-corrected chi connectivity index (χ2v) is 7.17. The molecule has 2 fully saturated rings. The Morgan fingerprint density at radius 2 is 2.30 bits per heavy atom. The molecule has 23 heavy (non-hydrogen) atoms. The van der Waals surface area contributed by atoms with E-state index in [2.05, 4.69) is 0 Å². The van der Waals surface area contributed by atoms with Crippen LogP contribution in [-0.4, -0.2) is 37.3 Å². The molecular weight excluding hydrogens is 312 g/mol. The number of fused-ring (bicyclic) bond motifs is 1. The van der Waals surface area contributed by atoms with E-state index in [0.717, 1.165) is 53.4 Å². The van der Waals surface area contributed by atoms with Gasteiger partial charge < -0.3 is 9.47 Å². The highest BCUT2D eigenvalue weighted by molar-refractivity contribution is 7.22. The number of nitrogens with zero attached hydrogens (tertiary/aromatic N) is 2. The summed E-state index contributed by atoms with van der Waals surface area (Å²) in [5.74, 6) is 1.12. The number of carbonyl (C=O) groups is 1. The lowest BCUT2D eigenvalue weighted by Crippen LogP contribution is -2.38. The first kappa shape index (κ1) is 14.9. The third-order valence-electron chi connectivity index (χ3n) is 4.42. The standard InChI is InChI=1S/C17H20N2O3S/c1-21-13-5-2-6-14-15(13)18-17(23-14)19(16(20)11-7-8-11)10-12-4-3-9-22-12/h2,5-6,11-12H,3-4,7-10H2,1H3/t12-/m0/s1. The molecule has 1 aromatic heterocycles. The Kier molecular flexibility index (Phi) is 3.95. The zero-order valence-corrected chi connectivity index (χ0v) is 14.0. The summed E-state index contributed by atoms with van der Waals surface area (Å²) in [6.45, 7) is 1.40. The van der Waals surface area contributed by atoms with Crippen molar-refractivity contribution in [1.82, 2.24) is 4.98 Å². The molecule has 1 atom stereocenters. The molecule has 5 nitrogen and oxygen atoms in total. The zero-order chi connectivity index (χ0) is 15.8. The highest BCUT2D eigenvalue weighted by Gasteiger charge is 2.36. The summed E-state index contributed by atoms with van der Waals surface area (Å²) in [6, 6.07) is 5.88. The number of rotatable bonds is 5. The highest BCUT2D eigenvalue weighted by Crippen LogP contribution is 2.38. The molecule has 0 spiro atoms. The fourth-order valence-electron chi connectivity index (χ4n) is 3.00. The Balaban J connectivity index is 1.68. The number of benzene rings is 1. The van der Waals surface area contributed by atoms with Crippen LogP contribution >= 0.6 is 11.3 Å². The number of para-hydroxylation sites is 1. The molecule has 0 N–H and O–H groups in total. The molecule has 2 aliphatic rings. The van der Waals surface area contributed by atoms with Gasteiger partial charge in [0.15, 0.2) is 5.13 Å². The maximum atomic E-state index is 12.7. The Morgan fingerprint density at radius 3 is 3.00 bits per heavy atom. The SMILES string of the molecule is COc1cccc2sc(N(C[C@@H]3CCCO3)C(=O)C3CC3)nc12. The van der Waals surface area contributed by atoms with E-state index in [9.17, 15) is 4.79 Å². The van der Waals surface area contributed by atoms with Gasteiger partial charge in [0, 0.05) is 12.5 Å². The van der Waals surface area contributed by atoms with Crippen molar-refractivity contribution in [2.45, 2.75) is 31.8 Å². The number of thiazole rings is 1. The van der Waals surface area contributed by atoms with E-state index in [1.165, 1.54) is 0 Å². The molecule has 0 bridgehead atoms. The van der Waals surface area contributed by atoms with Crippen LogP contribution in [-0.2, 0) is 9.53 Å². The van der Waals surface area contributed by atoms with E-state index in [1.807, 2.05) is 23.1 Å². The number of hydrogen-bond donors (Lipinski definition) is 0. The number of hydrogen-bond acceptors (Lipinski definition) is 5. The van der Waals surface area contributed by atoms with Gasteiger partial charge in [0.25, 0.3) is 0 Å². The van der Waals surface area contributed by atoms with Gasteiger partial charge in [-0.3, -0.25) is 9.69 Å². The van der Waals surface area contributed by atoms with Crippen molar-refractivity contribution in [1.29, 1.82) is 0 Å². The first-order valence-corrected chi connectivity index (χ1v) is 8.94. The number of amides is 1. The van der Waals surface area contributed by atoms with Crippen LogP contribution in [0.25, 0.3) is 10.2 Å². The van der Waals surface area contributed by atoms with Crippen LogP contribution in [0.1, 0.15) is 25.7 Å². The van der Waals surface area contributed by atoms with Crippen molar-refractivity contribution in [2.24, 2.45) is 5.92 Å². The molecule has 122 valence electrons. The van der Waals surface area contributed by atoms with Gasteiger partial charge in [-0.25, -0.2) is 4.98 Å². The van der Waals surface area contributed by atoms with E-state index < -0.39 is 0 Å². The lowest BCUT2D eigenvalue weighted by molar-refractivity contribution is -0.120. The quantitative estimate of drug-likeness (QED) is 0.843. The topological polar surface area (TPSA) is 51.7 Å². The van der Waals surface area contributed by atoms with Crippen LogP contribution in [0, 0.1) is 5.92 Å². The monoisotopic (exact) mass is 332 g/mol. The van der Waals surface area contributed by atoms with E-state index in [4.69, 9.17) is 14.5 Å². The summed E-state index contributed by atoms with van der Waals surface area (Å²) in [5, 5.41) is 0.761. The minimum Gasteiger partial charge on any atom is -0.494 e. The Morgan fingerprint density at radius 1 is 1.43 bits per heavy atom. The van der Waals surface area contributed by atoms with Gasteiger partial charge in [-0.05, 0) is 37.8 Å². The normalized spacial score (nSPS) is 20.8. The van der Waals surface area contributed by atoms with Gasteiger partial charge in [-0.1, -0.05) is 17.4 Å². The number of aromatic nitrogens is 1. The lowest BCUT2D eigenvalue weighted by atomic mass is 10.2. The van der Waals surface area contributed by atoms with E-state index in [-0.39, 0.29) is 17.9 Å². The van der Waals surface area contributed by atoms with Crippen LogP contribution in [0.3, 0.4) is 0 Å². The van der Waals surface area contributed by atoms with E-state index in [0.29, 0.717) is 6.54 Å². The van der Waals surface area contributed by atoms with Crippen LogP contribution in [0.2, 0.25) is 0 Å². The van der Waals surface area contributed by atoms with Gasteiger partial charge in [0.1, 0.15) is 11.3 Å². The zero-order valence-electron chi connectivity index (χ0n) is 13.2. The summed E-state index contributed by atoms with van der Waals surface area (Å²) >= 11 is 1.55. The molecule has 6 heteroatoms. The van der Waals surface area contributed by atoms with Crippen molar-refractivity contribution in [3.63, 3.8) is 0 Å². The van der Waals surface area contributed by atoms with Crippen molar-refractivity contribution in [3.8, 4) is 5.75 Å². The maximum Gasteiger partial charge on any atom is 0.231 e. The molecule has 1 aliphatic heterocycles. The molecule has 0 radical (unpaired) electrons. The van der Waals surface area contributed by atoms with E-state index >= 15 is 0 Å². The Hall–Kier alpha value is -1.66. The summed E-state index contributed by atoms with van der Waals surface area (Å²) in [6.07, 6.45) is 4.21. The summed E-state index contributed by atoms with van der Waals surface area (Å²) < 4.78 is 12.2. The molecule has 2 heterocycles. The van der Waals surface area contributed by atoms with Crippen LogP contribution < -0.4 is 9.64 Å². The van der Waals surface area contributed by atoms with Gasteiger partial charge >= 0.3 is 0 Å². The Labute approximate surface area is 139 Å². The van der Waals surface area contributed by atoms with Gasteiger partial charge in [-0.15, -0.1) is 0 Å². The molecule has 1 aromatic carbocycles. The fraction of sp³-hybridized carbons (Fsp3) is 0.529. The van der Waals surface area contributed by atoms with Gasteiger partial charge in [-0.2, -0.15) is 0 Å². The second kappa shape index (κ2) is 6.09. The number of carbonyl (C=O) groups excluding carboxylic acids is 1. The van der Waals surface area contributed by atoms with E-state index in [1.54, 1.807) is 18.4 Å². The number of anilines is 1. The molecule has 1 saturated carbocycles. The minimum absolute atomic E-state index is 0.131. The predicted molar refractivity (Wildman–Crippen MR) is 90.2 cm³/mol. The molecular formula is C17H20N2O3S. The van der Waals surface area contributed by atoms with Crippen LogP contribution in [0.15, 0.2) is 18.2 Å². The molecule has 2 aromatic rings. The largest absolute Gasteiger partial charge is 0.494 e. The fourth-order valence-corrected chi connectivity index (χ4v) is 3.99. The molecule has 4 rings (SSSR count). The number of methoxy groups -OCH3 is 1. The average Bonchev–Trinajstić information content (AvgIpc) is 3.12. The summed E-state index contributed by atoms with van der Waals surface area (Å²) in [4.78, 5) is 19.3. The summed E-state index contributed by atoms with van der Waals surface area (Å²) in [7, 11) is 1.65. The molecule has 1 amide bonds. The maximum absolute atomic E-state index is 12.7. The average molecular weight is 332 g/mol. The smallest absolute Gasteiger partial charge is 0.231 e. The molecule has 1 aliphatic carbocycles. The molecule has 1 saturated heterocycles. The first-order chi connectivity index (χ1) is 11.3. The Bertz CT molecular complexity index is 720. The van der Waals surface area contributed by atoms with Crippen molar-refractivity contribution in [3.05, 3.63) is 18.2 Å². The third-order valence-corrected chi connectivity index (χ3v) is 5.47. The molecule has 0 unspecified atom stereocenters. The minimum atomic E-state index is 0.131. The van der Waals surface area contributed by atoms with Crippen LogP contribution in [0.5, 0.6) is 5.75 Å². The first-order valence-electron chi connectivity index (χ1n) is 8.13. The second-order valence-electron chi connectivity index (χ2n) is 6.16. The van der Waals surface area contributed by atoms with Crippen LogP contribution in [0.4, 0.5) is 5.13 Å². The lowest BCUT2D eigenvalue weighted by Gasteiger charge is -2.23. The number of ether oxygens (including phenoxy) is 2. The van der Waals surface area contributed by atoms with Crippen molar-refractivity contribution >= 4 is 32.6 Å². The highest BCUT2D eigenvalue weighted by atomic mass is 32.1. The summed E-state index contributed by atoms with van der Waals surface area (Å²) in [5.41, 5.74) is 0.830.